The normalized spacial score (nSPS) is 11.3. The van der Waals surface area contributed by atoms with Gasteiger partial charge in [0.1, 0.15) is 3.82 Å². The summed E-state index contributed by atoms with van der Waals surface area (Å²) in [5.74, 6) is 0. The van der Waals surface area contributed by atoms with Crippen LogP contribution in [0.3, 0.4) is 0 Å². The molecule has 3 nitrogen and oxygen atoms in total. The van der Waals surface area contributed by atoms with Crippen LogP contribution in [-0.4, -0.2) is 13.0 Å². The zero-order chi connectivity index (χ0) is 18.3. The molecule has 2 aromatic rings. The first-order valence-corrected chi connectivity index (χ1v) is 12.6. The van der Waals surface area contributed by atoms with Crippen molar-refractivity contribution in [1.82, 2.24) is 0 Å². The summed E-state index contributed by atoms with van der Waals surface area (Å²) in [5.41, 5.74) is 2.21. The average Bonchev–Trinajstić information content (AvgIpc) is 2.91. The fraction of sp³-hybridized carbons (Fsp3) is 0.500. The Morgan fingerprint density at radius 2 is 1.62 bits per heavy atom. The van der Waals surface area contributed by atoms with Crippen LogP contribution >= 0.6 is 32.9 Å². The molecule has 1 heterocycles. The Morgan fingerprint density at radius 1 is 1.00 bits per heavy atom. The molecular formula is C18H24NaO3S4+. The molecule has 0 unspecified atom stereocenters. The van der Waals surface area contributed by atoms with E-state index in [0.29, 0.717) is 0 Å². The van der Waals surface area contributed by atoms with E-state index in [0.717, 1.165) is 22.2 Å². The van der Waals surface area contributed by atoms with Crippen molar-refractivity contribution in [2.45, 2.75) is 63.2 Å². The summed E-state index contributed by atoms with van der Waals surface area (Å²) in [6.07, 6.45) is 9.46. The van der Waals surface area contributed by atoms with Crippen LogP contribution in [0.2, 0.25) is 0 Å². The Labute approximate surface area is 191 Å². The van der Waals surface area contributed by atoms with Gasteiger partial charge in [-0.05, 0) is 36.1 Å². The van der Waals surface area contributed by atoms with Crippen molar-refractivity contribution in [1.29, 1.82) is 0 Å². The van der Waals surface area contributed by atoms with Crippen LogP contribution in [0, 0.1) is 3.82 Å². The molecule has 0 aliphatic carbocycles. The van der Waals surface area contributed by atoms with Gasteiger partial charge >= 0.3 is 29.6 Å². The van der Waals surface area contributed by atoms with Gasteiger partial charge in [-0.25, -0.2) is 0 Å². The Morgan fingerprint density at radius 3 is 2.23 bits per heavy atom. The van der Waals surface area contributed by atoms with Gasteiger partial charge in [-0.1, -0.05) is 84.1 Å². The molecule has 8 heteroatoms. The number of unbranched alkanes of at least 4 members (excludes halogenated alkanes) is 5. The third-order valence-electron chi connectivity index (χ3n) is 4.16. The van der Waals surface area contributed by atoms with E-state index in [1.54, 1.807) is 32.8 Å². The van der Waals surface area contributed by atoms with E-state index in [9.17, 15) is 8.42 Å². The average molecular weight is 440 g/mol. The SMILES string of the molecule is CCCCCCCCc1ssc(=S)c1Cc1ccc(S(=O)(=O)O)cc1.[Na+]. The third kappa shape index (κ3) is 7.80. The molecule has 1 aromatic heterocycles. The number of hydrogen-bond acceptors (Lipinski definition) is 5. The molecular weight excluding hydrogens is 415 g/mol. The summed E-state index contributed by atoms with van der Waals surface area (Å²) >= 11 is 5.49. The summed E-state index contributed by atoms with van der Waals surface area (Å²) in [7, 11) is -0.713. The van der Waals surface area contributed by atoms with Gasteiger partial charge in [0.25, 0.3) is 10.1 Å². The number of benzene rings is 1. The molecule has 0 aliphatic heterocycles. The molecule has 0 saturated carbocycles. The van der Waals surface area contributed by atoms with Crippen molar-refractivity contribution < 1.29 is 42.5 Å². The Balaban J connectivity index is 0.00000338. The number of hydrogen-bond donors (Lipinski definition) is 1. The molecule has 0 fully saturated rings. The standard InChI is InChI=1S/C18H24O3S4.Na/c1-2-3-4-5-6-7-8-17-16(18(22)24-23-17)13-14-9-11-15(12-10-14)25(19,20)21;/h9-12H,2-8,13H2,1H3,(H,19,20,21);/q;+1. The Hall–Kier alpha value is 0.400. The van der Waals surface area contributed by atoms with Gasteiger partial charge in [0.15, 0.2) is 0 Å². The minimum atomic E-state index is -4.14. The van der Waals surface area contributed by atoms with Crippen molar-refractivity contribution in [3.05, 3.63) is 44.1 Å². The van der Waals surface area contributed by atoms with Gasteiger partial charge < -0.3 is 0 Å². The zero-order valence-electron chi connectivity index (χ0n) is 15.4. The van der Waals surface area contributed by atoms with E-state index in [2.05, 4.69) is 6.92 Å². The van der Waals surface area contributed by atoms with Gasteiger partial charge in [0, 0.05) is 11.3 Å². The second-order valence-corrected chi connectivity index (χ2v) is 10.5. The molecule has 138 valence electrons. The Bertz CT molecular complexity index is 823. The topological polar surface area (TPSA) is 54.4 Å². The molecule has 0 aliphatic rings. The molecule has 1 aromatic carbocycles. The maximum absolute atomic E-state index is 11.1. The van der Waals surface area contributed by atoms with Crippen LogP contribution < -0.4 is 29.6 Å². The fourth-order valence-electron chi connectivity index (χ4n) is 2.72. The van der Waals surface area contributed by atoms with Crippen LogP contribution in [0.25, 0.3) is 0 Å². The minimum Gasteiger partial charge on any atom is -0.282 e. The summed E-state index contributed by atoms with van der Waals surface area (Å²) in [5, 5.41) is 0. The predicted octanol–water partition coefficient (Wildman–Crippen LogP) is 3.28. The van der Waals surface area contributed by atoms with Crippen LogP contribution in [0.5, 0.6) is 0 Å². The molecule has 0 saturated heterocycles. The van der Waals surface area contributed by atoms with Crippen LogP contribution in [0.4, 0.5) is 0 Å². The van der Waals surface area contributed by atoms with Gasteiger partial charge in [-0.3, -0.25) is 4.55 Å². The number of rotatable bonds is 10. The van der Waals surface area contributed by atoms with Crippen LogP contribution in [0.15, 0.2) is 29.2 Å². The summed E-state index contributed by atoms with van der Waals surface area (Å²) in [6.45, 7) is 2.23. The molecule has 0 bridgehead atoms. The predicted molar refractivity (Wildman–Crippen MR) is 109 cm³/mol. The van der Waals surface area contributed by atoms with Gasteiger partial charge in [0.05, 0.1) is 4.90 Å². The first-order chi connectivity index (χ1) is 11.9. The van der Waals surface area contributed by atoms with E-state index < -0.39 is 10.1 Å². The molecule has 26 heavy (non-hydrogen) atoms. The van der Waals surface area contributed by atoms with Crippen molar-refractivity contribution in [2.24, 2.45) is 0 Å². The summed E-state index contributed by atoms with van der Waals surface area (Å²) < 4.78 is 32.2. The van der Waals surface area contributed by atoms with Crippen molar-refractivity contribution in [2.75, 3.05) is 0 Å². The van der Waals surface area contributed by atoms with E-state index in [1.165, 1.54) is 61.1 Å². The maximum Gasteiger partial charge on any atom is 1.00 e. The van der Waals surface area contributed by atoms with Crippen LogP contribution in [-0.2, 0) is 23.0 Å². The molecule has 0 radical (unpaired) electrons. The van der Waals surface area contributed by atoms with E-state index in [1.807, 2.05) is 0 Å². The minimum absolute atomic E-state index is 0. The molecule has 0 amide bonds. The second-order valence-electron chi connectivity index (χ2n) is 6.17. The van der Waals surface area contributed by atoms with Gasteiger partial charge in [-0.2, -0.15) is 8.42 Å². The quantitative estimate of drug-likeness (QED) is 0.203. The van der Waals surface area contributed by atoms with Gasteiger partial charge in [-0.15, -0.1) is 0 Å². The third-order valence-corrected chi connectivity index (χ3v) is 8.33. The molecule has 2 rings (SSSR count). The fourth-order valence-corrected chi connectivity index (χ4v) is 6.18. The van der Waals surface area contributed by atoms with E-state index >= 15 is 0 Å². The van der Waals surface area contributed by atoms with Crippen molar-refractivity contribution in [3.63, 3.8) is 0 Å². The number of aryl methyl sites for hydroxylation is 1. The smallest absolute Gasteiger partial charge is 0.282 e. The first kappa shape index (κ1) is 24.4. The van der Waals surface area contributed by atoms with Gasteiger partial charge in [0.2, 0.25) is 0 Å². The second kappa shape index (κ2) is 12.1. The molecule has 0 spiro atoms. The maximum atomic E-state index is 11.1. The van der Waals surface area contributed by atoms with Crippen molar-refractivity contribution in [3.8, 4) is 0 Å². The van der Waals surface area contributed by atoms with Crippen LogP contribution in [0.1, 0.15) is 61.5 Å². The van der Waals surface area contributed by atoms with E-state index in [-0.39, 0.29) is 34.5 Å². The summed E-state index contributed by atoms with van der Waals surface area (Å²) in [6, 6.07) is 6.37. The van der Waals surface area contributed by atoms with Crippen molar-refractivity contribution >= 4 is 43.0 Å². The zero-order valence-corrected chi connectivity index (χ0v) is 20.6. The summed E-state index contributed by atoms with van der Waals surface area (Å²) in [4.78, 5) is 1.29. The largest absolute Gasteiger partial charge is 1.00 e. The monoisotopic (exact) mass is 439 g/mol. The van der Waals surface area contributed by atoms with E-state index in [4.69, 9.17) is 16.8 Å². The molecule has 0 atom stereocenters. The first-order valence-electron chi connectivity index (χ1n) is 8.59. The molecule has 1 N–H and O–H groups in total. The Kier molecular flexibility index (Phi) is 11.3.